The summed E-state index contributed by atoms with van der Waals surface area (Å²) in [6.07, 6.45) is 0. The summed E-state index contributed by atoms with van der Waals surface area (Å²) in [5, 5.41) is 7.31. The number of rotatable bonds is 5. The standard InChI is InChI=1S/C18H17ClFN3O2S3/c19-14-1-2-17(16(20)9-14)28(24,25)23-6-4-22(5-7-23)10-15-12-27-18(21-15)13-3-8-26-11-13/h1-3,8-9,11-12H,4-7,10H2. The summed E-state index contributed by atoms with van der Waals surface area (Å²) >= 11 is 8.98. The minimum Gasteiger partial charge on any atom is -0.295 e. The quantitative estimate of drug-likeness (QED) is 0.577. The molecule has 0 atom stereocenters. The highest BCUT2D eigenvalue weighted by atomic mass is 35.5. The Bertz CT molecular complexity index is 1060. The van der Waals surface area contributed by atoms with Crippen LogP contribution in [0, 0.1) is 5.82 Å². The van der Waals surface area contributed by atoms with Crippen molar-refractivity contribution in [2.45, 2.75) is 11.4 Å². The molecule has 0 aliphatic carbocycles. The molecule has 1 saturated heterocycles. The maximum atomic E-state index is 14.1. The molecule has 2 aromatic heterocycles. The van der Waals surface area contributed by atoms with Crippen molar-refractivity contribution in [2.24, 2.45) is 0 Å². The second-order valence-electron chi connectivity index (χ2n) is 6.41. The van der Waals surface area contributed by atoms with Gasteiger partial charge in [0.2, 0.25) is 10.0 Å². The minimum atomic E-state index is -3.87. The van der Waals surface area contributed by atoms with Gasteiger partial charge < -0.3 is 0 Å². The number of thiazole rings is 1. The van der Waals surface area contributed by atoms with Gasteiger partial charge in [-0.25, -0.2) is 17.8 Å². The maximum absolute atomic E-state index is 14.1. The molecule has 4 rings (SSSR count). The molecule has 1 fully saturated rings. The van der Waals surface area contributed by atoms with Gasteiger partial charge in [0.05, 0.1) is 5.69 Å². The van der Waals surface area contributed by atoms with Crippen LogP contribution in [0.15, 0.2) is 45.3 Å². The van der Waals surface area contributed by atoms with Crippen LogP contribution in [0.25, 0.3) is 10.6 Å². The Hall–Kier alpha value is -1.36. The lowest BCUT2D eigenvalue weighted by molar-refractivity contribution is 0.180. The number of piperazine rings is 1. The molecule has 0 spiro atoms. The fourth-order valence-electron chi connectivity index (χ4n) is 3.08. The van der Waals surface area contributed by atoms with Gasteiger partial charge in [-0.05, 0) is 29.6 Å². The monoisotopic (exact) mass is 457 g/mol. The number of hydrogen-bond donors (Lipinski definition) is 0. The van der Waals surface area contributed by atoms with Crippen molar-refractivity contribution in [1.82, 2.24) is 14.2 Å². The third kappa shape index (κ3) is 4.14. The lowest BCUT2D eigenvalue weighted by atomic mass is 10.3. The van der Waals surface area contributed by atoms with Crippen molar-refractivity contribution >= 4 is 44.3 Å². The second kappa shape index (κ2) is 8.17. The van der Waals surface area contributed by atoms with Gasteiger partial charge in [-0.15, -0.1) is 11.3 Å². The van der Waals surface area contributed by atoms with Crippen LogP contribution < -0.4 is 0 Å². The molecule has 0 unspecified atom stereocenters. The van der Waals surface area contributed by atoms with Crippen molar-refractivity contribution in [3.05, 3.63) is 56.9 Å². The number of benzene rings is 1. The van der Waals surface area contributed by atoms with E-state index < -0.39 is 15.8 Å². The molecular formula is C18H17ClFN3O2S3. The van der Waals surface area contributed by atoms with Crippen LogP contribution in [0.3, 0.4) is 0 Å². The largest absolute Gasteiger partial charge is 0.295 e. The first kappa shape index (κ1) is 19.9. The van der Waals surface area contributed by atoms with E-state index in [9.17, 15) is 12.8 Å². The molecule has 0 N–H and O–H groups in total. The van der Waals surface area contributed by atoms with Crippen molar-refractivity contribution in [3.63, 3.8) is 0 Å². The lowest BCUT2D eigenvalue weighted by Gasteiger charge is -2.33. The molecule has 148 valence electrons. The molecule has 1 aliphatic rings. The molecule has 0 saturated carbocycles. The zero-order chi connectivity index (χ0) is 19.7. The highest BCUT2D eigenvalue weighted by molar-refractivity contribution is 7.89. The average molecular weight is 458 g/mol. The van der Waals surface area contributed by atoms with Crippen LogP contribution in [0.1, 0.15) is 5.69 Å². The molecule has 28 heavy (non-hydrogen) atoms. The number of hydrogen-bond acceptors (Lipinski definition) is 6. The smallest absolute Gasteiger partial charge is 0.246 e. The van der Waals surface area contributed by atoms with Crippen LogP contribution in [-0.4, -0.2) is 48.8 Å². The third-order valence-electron chi connectivity index (χ3n) is 4.55. The highest BCUT2D eigenvalue weighted by Gasteiger charge is 2.30. The lowest BCUT2D eigenvalue weighted by Crippen LogP contribution is -2.48. The van der Waals surface area contributed by atoms with Gasteiger partial charge in [0, 0.05) is 54.1 Å². The Morgan fingerprint density at radius 1 is 1.14 bits per heavy atom. The molecule has 1 aliphatic heterocycles. The van der Waals surface area contributed by atoms with Gasteiger partial charge in [-0.3, -0.25) is 4.90 Å². The summed E-state index contributed by atoms with van der Waals surface area (Å²) in [7, 11) is -3.87. The van der Waals surface area contributed by atoms with E-state index >= 15 is 0 Å². The Balaban J connectivity index is 1.39. The fraction of sp³-hybridized carbons (Fsp3) is 0.278. The van der Waals surface area contributed by atoms with Crippen LogP contribution >= 0.6 is 34.3 Å². The Kier molecular flexibility index (Phi) is 5.82. The maximum Gasteiger partial charge on any atom is 0.246 e. The average Bonchev–Trinajstić information content (AvgIpc) is 3.33. The van der Waals surface area contributed by atoms with E-state index in [2.05, 4.69) is 15.3 Å². The molecule has 5 nitrogen and oxygen atoms in total. The number of aromatic nitrogens is 1. The van der Waals surface area contributed by atoms with Crippen LogP contribution in [0.5, 0.6) is 0 Å². The minimum absolute atomic E-state index is 0.173. The number of halogens is 2. The van der Waals surface area contributed by atoms with Gasteiger partial charge in [0.15, 0.2) is 0 Å². The third-order valence-corrected chi connectivity index (χ3v) is 8.34. The van der Waals surface area contributed by atoms with E-state index in [0.29, 0.717) is 32.7 Å². The topological polar surface area (TPSA) is 53.5 Å². The summed E-state index contributed by atoms with van der Waals surface area (Å²) in [4.78, 5) is 6.51. The SMILES string of the molecule is O=S(=O)(c1ccc(Cl)cc1F)N1CCN(Cc2csc(-c3ccsc3)n2)CC1. The molecule has 0 radical (unpaired) electrons. The van der Waals surface area contributed by atoms with Crippen molar-refractivity contribution < 1.29 is 12.8 Å². The van der Waals surface area contributed by atoms with Gasteiger partial charge in [-0.1, -0.05) is 11.6 Å². The predicted molar refractivity (Wildman–Crippen MR) is 111 cm³/mol. The van der Waals surface area contributed by atoms with Gasteiger partial charge in [0.25, 0.3) is 0 Å². The number of nitrogens with zero attached hydrogens (tertiary/aromatic N) is 3. The first-order chi connectivity index (χ1) is 13.4. The molecule has 3 aromatic rings. The van der Waals surface area contributed by atoms with E-state index in [1.165, 1.54) is 16.4 Å². The summed E-state index contributed by atoms with van der Waals surface area (Å²) < 4.78 is 40.9. The molecule has 3 heterocycles. The van der Waals surface area contributed by atoms with Gasteiger partial charge in [0.1, 0.15) is 15.7 Å². The summed E-state index contributed by atoms with van der Waals surface area (Å²) in [6.45, 7) is 2.43. The highest BCUT2D eigenvalue weighted by Crippen LogP contribution is 2.27. The Labute approximate surface area is 176 Å². The van der Waals surface area contributed by atoms with Crippen molar-refractivity contribution in [3.8, 4) is 10.6 Å². The van der Waals surface area contributed by atoms with Crippen LogP contribution in [0.2, 0.25) is 5.02 Å². The molecule has 10 heteroatoms. The molecule has 0 amide bonds. The van der Waals surface area contributed by atoms with Crippen LogP contribution in [-0.2, 0) is 16.6 Å². The van der Waals surface area contributed by atoms with Gasteiger partial charge >= 0.3 is 0 Å². The zero-order valence-corrected chi connectivity index (χ0v) is 17.9. The molecule has 0 bridgehead atoms. The van der Waals surface area contributed by atoms with E-state index in [-0.39, 0.29) is 9.92 Å². The second-order valence-corrected chi connectivity index (χ2v) is 10.4. The number of thiophene rings is 1. The first-order valence-electron chi connectivity index (χ1n) is 8.58. The fourth-order valence-corrected chi connectivity index (χ4v) is 6.23. The first-order valence-corrected chi connectivity index (χ1v) is 12.2. The van der Waals surface area contributed by atoms with E-state index in [1.807, 2.05) is 16.8 Å². The Morgan fingerprint density at radius 3 is 2.61 bits per heavy atom. The van der Waals surface area contributed by atoms with Gasteiger partial charge in [-0.2, -0.15) is 15.6 Å². The van der Waals surface area contributed by atoms with E-state index in [0.717, 1.165) is 22.3 Å². The number of sulfonamides is 1. The van der Waals surface area contributed by atoms with Crippen molar-refractivity contribution in [2.75, 3.05) is 26.2 Å². The summed E-state index contributed by atoms with van der Waals surface area (Å²) in [5.74, 6) is -0.821. The van der Waals surface area contributed by atoms with E-state index in [4.69, 9.17) is 11.6 Å². The van der Waals surface area contributed by atoms with Crippen molar-refractivity contribution in [1.29, 1.82) is 0 Å². The molecular weight excluding hydrogens is 441 g/mol. The summed E-state index contributed by atoms with van der Waals surface area (Å²) in [6, 6.07) is 5.69. The van der Waals surface area contributed by atoms with Crippen LogP contribution in [0.4, 0.5) is 4.39 Å². The normalized spacial score (nSPS) is 16.5. The molecule has 1 aromatic carbocycles. The van der Waals surface area contributed by atoms with E-state index in [1.54, 1.807) is 22.7 Å². The predicted octanol–water partition coefficient (Wildman–Crippen LogP) is 4.17. The summed E-state index contributed by atoms with van der Waals surface area (Å²) in [5.41, 5.74) is 2.11. The zero-order valence-electron chi connectivity index (χ0n) is 14.7. The Morgan fingerprint density at radius 2 is 1.93 bits per heavy atom.